The standard InChI is InChI=1S/C10H22N2OS/c1-8(14-5)6-11-7-9(13)12-10(2,3)4/h8,11H,6-7H2,1-5H3,(H,12,13). The van der Waals surface area contributed by atoms with Crippen molar-refractivity contribution < 1.29 is 4.79 Å². The van der Waals surface area contributed by atoms with Gasteiger partial charge in [-0.05, 0) is 27.0 Å². The van der Waals surface area contributed by atoms with Gasteiger partial charge in [0.1, 0.15) is 0 Å². The van der Waals surface area contributed by atoms with Crippen molar-refractivity contribution in [1.82, 2.24) is 10.6 Å². The molecular weight excluding hydrogens is 196 g/mol. The van der Waals surface area contributed by atoms with Crippen LogP contribution in [0.2, 0.25) is 0 Å². The summed E-state index contributed by atoms with van der Waals surface area (Å²) in [6.07, 6.45) is 2.07. The van der Waals surface area contributed by atoms with Gasteiger partial charge in [0.05, 0.1) is 6.54 Å². The molecule has 0 radical (unpaired) electrons. The number of nitrogens with one attached hydrogen (secondary N) is 2. The second kappa shape index (κ2) is 6.30. The van der Waals surface area contributed by atoms with Crippen molar-refractivity contribution in [2.45, 2.75) is 38.5 Å². The summed E-state index contributed by atoms with van der Waals surface area (Å²) in [6, 6.07) is 0. The van der Waals surface area contributed by atoms with E-state index in [4.69, 9.17) is 0 Å². The SMILES string of the molecule is CSC(C)CNCC(=O)NC(C)(C)C. The van der Waals surface area contributed by atoms with Crippen LogP contribution in [0.4, 0.5) is 0 Å². The van der Waals surface area contributed by atoms with Gasteiger partial charge in [-0.2, -0.15) is 11.8 Å². The Hall–Kier alpha value is -0.220. The molecule has 4 heteroatoms. The fraction of sp³-hybridized carbons (Fsp3) is 0.900. The zero-order valence-corrected chi connectivity index (χ0v) is 10.6. The number of carbonyl (C=O) groups excluding carboxylic acids is 1. The third-order valence-corrected chi connectivity index (χ3v) is 2.61. The Labute approximate surface area is 91.4 Å². The van der Waals surface area contributed by atoms with Crippen LogP contribution in [-0.2, 0) is 4.79 Å². The first-order chi connectivity index (χ1) is 6.35. The molecule has 0 aromatic rings. The molecule has 84 valence electrons. The van der Waals surface area contributed by atoms with Crippen molar-refractivity contribution in [3.8, 4) is 0 Å². The van der Waals surface area contributed by atoms with Gasteiger partial charge in [0.25, 0.3) is 0 Å². The molecule has 0 aromatic heterocycles. The van der Waals surface area contributed by atoms with E-state index in [0.717, 1.165) is 6.54 Å². The highest BCUT2D eigenvalue weighted by atomic mass is 32.2. The first-order valence-electron chi connectivity index (χ1n) is 4.89. The molecular formula is C10H22N2OS. The van der Waals surface area contributed by atoms with E-state index in [9.17, 15) is 4.79 Å². The lowest BCUT2D eigenvalue weighted by Crippen LogP contribution is -2.45. The summed E-state index contributed by atoms with van der Waals surface area (Å²) < 4.78 is 0. The van der Waals surface area contributed by atoms with Crippen molar-refractivity contribution in [3.05, 3.63) is 0 Å². The fourth-order valence-electron chi connectivity index (χ4n) is 0.935. The number of thioether (sulfide) groups is 1. The average Bonchev–Trinajstić information content (AvgIpc) is 2.00. The highest BCUT2D eigenvalue weighted by molar-refractivity contribution is 7.99. The molecule has 0 heterocycles. The number of amides is 1. The van der Waals surface area contributed by atoms with Crippen LogP contribution in [0.3, 0.4) is 0 Å². The van der Waals surface area contributed by atoms with E-state index in [-0.39, 0.29) is 11.4 Å². The van der Waals surface area contributed by atoms with Gasteiger partial charge >= 0.3 is 0 Å². The van der Waals surface area contributed by atoms with Crippen molar-refractivity contribution in [1.29, 1.82) is 0 Å². The Morgan fingerprint density at radius 2 is 2.00 bits per heavy atom. The maximum Gasteiger partial charge on any atom is 0.234 e. The van der Waals surface area contributed by atoms with Crippen LogP contribution in [0.1, 0.15) is 27.7 Å². The molecule has 14 heavy (non-hydrogen) atoms. The van der Waals surface area contributed by atoms with Gasteiger partial charge in [-0.15, -0.1) is 0 Å². The Morgan fingerprint density at radius 1 is 1.43 bits per heavy atom. The van der Waals surface area contributed by atoms with Gasteiger partial charge in [-0.1, -0.05) is 6.92 Å². The van der Waals surface area contributed by atoms with E-state index in [2.05, 4.69) is 23.8 Å². The van der Waals surface area contributed by atoms with E-state index in [1.54, 1.807) is 11.8 Å². The maximum atomic E-state index is 11.3. The van der Waals surface area contributed by atoms with Crippen LogP contribution in [0.5, 0.6) is 0 Å². The van der Waals surface area contributed by atoms with Crippen molar-refractivity contribution in [2.75, 3.05) is 19.3 Å². The molecule has 1 unspecified atom stereocenters. The number of carbonyl (C=O) groups is 1. The minimum atomic E-state index is -0.135. The van der Waals surface area contributed by atoms with Gasteiger partial charge in [-0.3, -0.25) is 4.79 Å². The van der Waals surface area contributed by atoms with Crippen LogP contribution >= 0.6 is 11.8 Å². The summed E-state index contributed by atoms with van der Waals surface area (Å²) >= 11 is 1.80. The van der Waals surface area contributed by atoms with Crippen LogP contribution < -0.4 is 10.6 Å². The van der Waals surface area contributed by atoms with E-state index in [1.165, 1.54) is 0 Å². The first-order valence-corrected chi connectivity index (χ1v) is 6.18. The fourth-order valence-corrected chi connectivity index (χ4v) is 1.22. The number of hydrogen-bond acceptors (Lipinski definition) is 3. The van der Waals surface area contributed by atoms with Crippen molar-refractivity contribution in [3.63, 3.8) is 0 Å². The highest BCUT2D eigenvalue weighted by Crippen LogP contribution is 2.02. The maximum absolute atomic E-state index is 11.3. The quantitative estimate of drug-likeness (QED) is 0.729. The van der Waals surface area contributed by atoms with Gasteiger partial charge in [0, 0.05) is 17.3 Å². The van der Waals surface area contributed by atoms with Gasteiger partial charge in [-0.25, -0.2) is 0 Å². The lowest BCUT2D eigenvalue weighted by atomic mass is 10.1. The monoisotopic (exact) mass is 218 g/mol. The van der Waals surface area contributed by atoms with Gasteiger partial charge in [0.2, 0.25) is 5.91 Å². The normalized spacial score (nSPS) is 13.8. The summed E-state index contributed by atoms with van der Waals surface area (Å²) in [7, 11) is 0. The second-order valence-electron chi connectivity index (χ2n) is 4.48. The third-order valence-electron chi connectivity index (χ3n) is 1.63. The summed E-state index contributed by atoms with van der Waals surface area (Å²) in [4.78, 5) is 11.3. The summed E-state index contributed by atoms with van der Waals surface area (Å²) in [5, 5.41) is 6.58. The molecule has 0 rings (SSSR count). The zero-order chi connectivity index (χ0) is 11.2. The Balaban J connectivity index is 3.55. The van der Waals surface area contributed by atoms with Crippen LogP contribution in [0, 0.1) is 0 Å². The topological polar surface area (TPSA) is 41.1 Å². The minimum absolute atomic E-state index is 0.0609. The molecule has 1 amide bonds. The second-order valence-corrected chi connectivity index (χ2v) is 5.75. The Morgan fingerprint density at radius 3 is 2.43 bits per heavy atom. The Bertz CT molecular complexity index is 177. The molecule has 2 N–H and O–H groups in total. The van der Waals surface area contributed by atoms with E-state index in [0.29, 0.717) is 11.8 Å². The predicted molar refractivity (Wildman–Crippen MR) is 63.7 cm³/mol. The van der Waals surface area contributed by atoms with Gasteiger partial charge < -0.3 is 10.6 Å². The minimum Gasteiger partial charge on any atom is -0.350 e. The van der Waals surface area contributed by atoms with Crippen LogP contribution in [0.15, 0.2) is 0 Å². The molecule has 0 aliphatic heterocycles. The van der Waals surface area contributed by atoms with Crippen LogP contribution in [0.25, 0.3) is 0 Å². The van der Waals surface area contributed by atoms with Crippen molar-refractivity contribution in [2.24, 2.45) is 0 Å². The molecule has 0 saturated carbocycles. The zero-order valence-electron chi connectivity index (χ0n) is 9.81. The smallest absolute Gasteiger partial charge is 0.234 e. The lowest BCUT2D eigenvalue weighted by molar-refractivity contribution is -0.121. The molecule has 0 aliphatic carbocycles. The average molecular weight is 218 g/mol. The molecule has 0 spiro atoms. The lowest BCUT2D eigenvalue weighted by Gasteiger charge is -2.20. The molecule has 0 saturated heterocycles. The van der Waals surface area contributed by atoms with E-state index < -0.39 is 0 Å². The van der Waals surface area contributed by atoms with E-state index in [1.807, 2.05) is 20.8 Å². The predicted octanol–water partition coefficient (Wildman–Crippen LogP) is 1.24. The summed E-state index contributed by atoms with van der Waals surface area (Å²) in [5.74, 6) is 0.0609. The molecule has 1 atom stereocenters. The number of rotatable bonds is 5. The highest BCUT2D eigenvalue weighted by Gasteiger charge is 2.12. The number of hydrogen-bond donors (Lipinski definition) is 2. The Kier molecular flexibility index (Phi) is 6.20. The molecule has 0 aliphatic rings. The van der Waals surface area contributed by atoms with Crippen molar-refractivity contribution >= 4 is 17.7 Å². The largest absolute Gasteiger partial charge is 0.350 e. The molecule has 0 aromatic carbocycles. The molecule has 0 fully saturated rings. The van der Waals surface area contributed by atoms with Crippen LogP contribution in [-0.4, -0.2) is 36.0 Å². The third kappa shape index (κ3) is 8.38. The van der Waals surface area contributed by atoms with Gasteiger partial charge in [0.15, 0.2) is 0 Å². The molecule has 3 nitrogen and oxygen atoms in total. The first kappa shape index (κ1) is 13.8. The van der Waals surface area contributed by atoms with E-state index >= 15 is 0 Å². The molecule has 0 bridgehead atoms. The summed E-state index contributed by atoms with van der Waals surface area (Å²) in [6.45, 7) is 9.36. The summed E-state index contributed by atoms with van der Waals surface area (Å²) in [5.41, 5.74) is -0.135.